The topological polar surface area (TPSA) is 32.7 Å². The number of rotatable bonds is 4. The molecule has 4 rings (SSSR count). The fraction of sp³-hybridized carbons (Fsp3) is 0.0435. The second-order valence-corrected chi connectivity index (χ2v) is 6.12. The van der Waals surface area contributed by atoms with E-state index in [0.717, 1.165) is 17.4 Å². The van der Waals surface area contributed by atoms with Gasteiger partial charge in [0.05, 0.1) is 6.21 Å². The van der Waals surface area contributed by atoms with Crippen molar-refractivity contribution in [3.8, 4) is 11.1 Å². The van der Waals surface area contributed by atoms with Crippen molar-refractivity contribution in [1.29, 1.82) is 0 Å². The molecule has 3 heteroatoms. The summed E-state index contributed by atoms with van der Waals surface area (Å²) in [5.74, 6) is 0. The number of aldehydes is 1. The van der Waals surface area contributed by atoms with Crippen molar-refractivity contribution in [2.24, 2.45) is 5.10 Å². The number of carbonyl (C=O) groups excluding carboxylic acids is 1. The lowest BCUT2D eigenvalue weighted by atomic mass is 9.92. The number of hydrazone groups is 1. The van der Waals surface area contributed by atoms with Crippen LogP contribution in [0.15, 0.2) is 96.2 Å². The summed E-state index contributed by atoms with van der Waals surface area (Å²) in [4.78, 5) is 10.8. The van der Waals surface area contributed by atoms with Gasteiger partial charge in [0, 0.05) is 11.8 Å². The van der Waals surface area contributed by atoms with Gasteiger partial charge in [-0.25, -0.2) is 0 Å². The fourth-order valence-electron chi connectivity index (χ4n) is 3.28. The van der Waals surface area contributed by atoms with E-state index in [4.69, 9.17) is 0 Å². The Morgan fingerprint density at radius 3 is 2.27 bits per heavy atom. The molecule has 3 aromatic carbocycles. The lowest BCUT2D eigenvalue weighted by Crippen LogP contribution is -2.24. The van der Waals surface area contributed by atoms with Crippen molar-refractivity contribution >= 4 is 12.5 Å². The zero-order valence-electron chi connectivity index (χ0n) is 14.2. The quantitative estimate of drug-likeness (QED) is 0.505. The molecule has 3 aromatic rings. The van der Waals surface area contributed by atoms with Crippen LogP contribution in [0.3, 0.4) is 0 Å². The molecule has 0 aliphatic carbocycles. The van der Waals surface area contributed by atoms with Crippen molar-refractivity contribution in [3.63, 3.8) is 0 Å². The van der Waals surface area contributed by atoms with Gasteiger partial charge >= 0.3 is 0 Å². The van der Waals surface area contributed by atoms with Crippen molar-refractivity contribution in [2.45, 2.75) is 6.04 Å². The van der Waals surface area contributed by atoms with E-state index in [-0.39, 0.29) is 6.04 Å². The summed E-state index contributed by atoms with van der Waals surface area (Å²) in [6.07, 6.45) is 5.79. The smallest absolute Gasteiger partial charge is 0.144 e. The van der Waals surface area contributed by atoms with Gasteiger partial charge in [-0.15, -0.1) is 0 Å². The molecule has 1 unspecified atom stereocenters. The van der Waals surface area contributed by atoms with E-state index in [0.29, 0.717) is 0 Å². The molecule has 0 spiro atoms. The van der Waals surface area contributed by atoms with Crippen LogP contribution in [-0.4, -0.2) is 17.5 Å². The molecule has 0 fully saturated rings. The lowest BCUT2D eigenvalue weighted by molar-refractivity contribution is -0.104. The van der Waals surface area contributed by atoms with E-state index >= 15 is 0 Å². The van der Waals surface area contributed by atoms with Crippen LogP contribution in [0.5, 0.6) is 0 Å². The highest BCUT2D eigenvalue weighted by atomic mass is 16.1. The third-order valence-corrected chi connectivity index (χ3v) is 4.54. The Hall–Kier alpha value is -3.46. The third-order valence-electron chi connectivity index (χ3n) is 4.54. The van der Waals surface area contributed by atoms with E-state index in [9.17, 15) is 4.79 Å². The summed E-state index contributed by atoms with van der Waals surface area (Å²) >= 11 is 0. The Balaban J connectivity index is 1.74. The molecule has 0 saturated heterocycles. The Bertz CT molecular complexity index is 959. The Labute approximate surface area is 152 Å². The van der Waals surface area contributed by atoms with E-state index in [2.05, 4.69) is 53.6 Å². The average Bonchev–Trinajstić information content (AvgIpc) is 2.72. The van der Waals surface area contributed by atoms with Crippen molar-refractivity contribution < 1.29 is 4.79 Å². The van der Waals surface area contributed by atoms with Crippen LogP contribution in [0.4, 0.5) is 0 Å². The van der Waals surface area contributed by atoms with E-state index in [1.165, 1.54) is 22.8 Å². The monoisotopic (exact) mass is 338 g/mol. The van der Waals surface area contributed by atoms with Crippen molar-refractivity contribution in [1.82, 2.24) is 5.01 Å². The summed E-state index contributed by atoms with van der Waals surface area (Å²) in [6, 6.07) is 27.0. The van der Waals surface area contributed by atoms with Gasteiger partial charge in [0.15, 0.2) is 0 Å². The van der Waals surface area contributed by atoms with E-state index < -0.39 is 0 Å². The maximum absolute atomic E-state index is 10.8. The number of carbonyl (C=O) groups is 1. The van der Waals surface area contributed by atoms with Crippen LogP contribution in [0.25, 0.3) is 11.1 Å². The number of allylic oxidation sites excluding steroid dienone is 1. The van der Waals surface area contributed by atoms with Gasteiger partial charge in [0.25, 0.3) is 0 Å². The summed E-state index contributed by atoms with van der Waals surface area (Å²) in [5.41, 5.74) is 5.77. The minimum Gasteiger partial charge on any atom is -0.299 e. The van der Waals surface area contributed by atoms with Crippen molar-refractivity contribution in [2.75, 3.05) is 0 Å². The molecule has 0 saturated carbocycles. The average molecular weight is 338 g/mol. The zero-order valence-corrected chi connectivity index (χ0v) is 14.2. The zero-order chi connectivity index (χ0) is 17.8. The molecule has 1 aliphatic rings. The number of benzene rings is 3. The second kappa shape index (κ2) is 7.19. The number of nitrogens with zero attached hydrogens (tertiary/aromatic N) is 2. The number of hydrogen-bond acceptors (Lipinski definition) is 3. The van der Waals surface area contributed by atoms with Crippen LogP contribution >= 0.6 is 0 Å². The standard InChI is InChI=1S/C23H18N2O/c26-16-6-15-25-23(22-10-5-4-9-21(22)17-24-25)20-13-11-19(12-14-20)18-7-2-1-3-8-18/h1-17,23H. The largest absolute Gasteiger partial charge is 0.299 e. The Morgan fingerprint density at radius 1 is 0.808 bits per heavy atom. The second-order valence-electron chi connectivity index (χ2n) is 6.12. The van der Waals surface area contributed by atoms with Crippen LogP contribution < -0.4 is 0 Å². The SMILES string of the molecule is O=CC=CN1N=Cc2ccccc2C1c1ccc(-c2ccccc2)cc1. The number of hydrogen-bond donors (Lipinski definition) is 0. The highest BCUT2D eigenvalue weighted by Crippen LogP contribution is 2.34. The predicted molar refractivity (Wildman–Crippen MR) is 105 cm³/mol. The normalized spacial score (nSPS) is 15.8. The van der Waals surface area contributed by atoms with Crippen LogP contribution in [0.2, 0.25) is 0 Å². The molecule has 0 aromatic heterocycles. The van der Waals surface area contributed by atoms with Gasteiger partial charge in [0.1, 0.15) is 12.3 Å². The molecule has 26 heavy (non-hydrogen) atoms. The molecule has 1 atom stereocenters. The van der Waals surface area contributed by atoms with Crippen LogP contribution in [0, 0.1) is 0 Å². The summed E-state index contributed by atoms with van der Waals surface area (Å²) in [7, 11) is 0. The van der Waals surface area contributed by atoms with E-state index in [1.54, 1.807) is 6.20 Å². The van der Waals surface area contributed by atoms with Gasteiger partial charge in [-0.05, 0) is 28.3 Å². The minimum atomic E-state index is -0.0581. The Morgan fingerprint density at radius 2 is 1.50 bits per heavy atom. The first-order chi connectivity index (χ1) is 12.9. The van der Waals surface area contributed by atoms with Crippen LogP contribution in [0.1, 0.15) is 22.7 Å². The predicted octanol–water partition coefficient (Wildman–Crippen LogP) is 4.81. The first kappa shape index (κ1) is 16.0. The summed E-state index contributed by atoms with van der Waals surface area (Å²) in [6.45, 7) is 0. The molecule has 126 valence electrons. The third kappa shape index (κ3) is 3.07. The van der Waals surface area contributed by atoms with Crippen LogP contribution in [-0.2, 0) is 4.79 Å². The van der Waals surface area contributed by atoms with Gasteiger partial charge in [-0.2, -0.15) is 5.10 Å². The first-order valence-electron chi connectivity index (χ1n) is 8.55. The molecular formula is C23H18N2O. The van der Waals surface area contributed by atoms with Gasteiger partial charge in [0.2, 0.25) is 0 Å². The Kier molecular flexibility index (Phi) is 4.44. The van der Waals surface area contributed by atoms with Gasteiger partial charge < -0.3 is 0 Å². The maximum Gasteiger partial charge on any atom is 0.144 e. The molecule has 1 heterocycles. The fourth-order valence-corrected chi connectivity index (χ4v) is 3.28. The van der Waals surface area contributed by atoms with Gasteiger partial charge in [-0.1, -0.05) is 78.9 Å². The molecule has 0 N–H and O–H groups in total. The molecule has 3 nitrogen and oxygen atoms in total. The lowest BCUT2D eigenvalue weighted by Gasteiger charge is -2.31. The highest BCUT2D eigenvalue weighted by molar-refractivity contribution is 5.83. The summed E-state index contributed by atoms with van der Waals surface area (Å²) < 4.78 is 0. The molecule has 1 aliphatic heterocycles. The molecule has 0 bridgehead atoms. The minimum absolute atomic E-state index is 0.0581. The van der Waals surface area contributed by atoms with E-state index in [1.807, 2.05) is 41.6 Å². The number of fused-ring (bicyclic) bond motifs is 1. The first-order valence-corrected chi connectivity index (χ1v) is 8.55. The van der Waals surface area contributed by atoms with Crippen molar-refractivity contribution in [3.05, 3.63) is 108 Å². The van der Waals surface area contributed by atoms with Gasteiger partial charge in [-0.3, -0.25) is 9.80 Å². The maximum atomic E-state index is 10.8. The molecule has 0 amide bonds. The highest BCUT2D eigenvalue weighted by Gasteiger charge is 2.24. The summed E-state index contributed by atoms with van der Waals surface area (Å²) in [5, 5.41) is 6.34. The molecular weight excluding hydrogens is 320 g/mol. The molecule has 0 radical (unpaired) electrons.